The van der Waals surface area contributed by atoms with E-state index in [-0.39, 0.29) is 17.3 Å². The van der Waals surface area contributed by atoms with E-state index in [9.17, 15) is 10.1 Å². The number of nitriles is 1. The van der Waals surface area contributed by atoms with Crippen LogP contribution in [0.4, 0.5) is 11.5 Å². The van der Waals surface area contributed by atoms with Gasteiger partial charge in [-0.15, -0.1) is 0 Å². The van der Waals surface area contributed by atoms with E-state index < -0.39 is 4.92 Å². The maximum Gasteiger partial charge on any atom is 0.289 e. The highest BCUT2D eigenvalue weighted by molar-refractivity contribution is 5.56. The van der Waals surface area contributed by atoms with Crippen molar-refractivity contribution < 1.29 is 4.92 Å². The van der Waals surface area contributed by atoms with E-state index in [2.05, 4.69) is 10.3 Å². The molecule has 1 N–H and O–H groups in total. The fourth-order valence-electron chi connectivity index (χ4n) is 1.78. The van der Waals surface area contributed by atoms with Crippen molar-refractivity contribution in [1.29, 1.82) is 5.26 Å². The molecule has 1 aromatic heterocycles. The van der Waals surface area contributed by atoms with Gasteiger partial charge < -0.3 is 5.32 Å². The molecule has 0 aliphatic rings. The summed E-state index contributed by atoms with van der Waals surface area (Å²) in [6.45, 7) is 1.93. The quantitative estimate of drug-likeness (QED) is 0.679. The fraction of sp³-hybridized carbons (Fsp3) is 0.143. The average Bonchev–Trinajstić information content (AvgIpc) is 2.48. The summed E-state index contributed by atoms with van der Waals surface area (Å²) in [5, 5.41) is 22.8. The van der Waals surface area contributed by atoms with Gasteiger partial charge in [-0.25, -0.2) is 4.98 Å². The molecule has 0 saturated carbocycles. The number of hydrogen-bond acceptors (Lipinski definition) is 5. The second-order valence-corrected chi connectivity index (χ2v) is 4.24. The lowest BCUT2D eigenvalue weighted by atomic mass is 10.1. The normalized spacial score (nSPS) is 11.4. The van der Waals surface area contributed by atoms with E-state index in [0.29, 0.717) is 5.82 Å². The van der Waals surface area contributed by atoms with Gasteiger partial charge in [-0.3, -0.25) is 10.1 Å². The van der Waals surface area contributed by atoms with E-state index in [1.165, 1.54) is 6.07 Å². The molecule has 6 heteroatoms. The van der Waals surface area contributed by atoms with E-state index >= 15 is 0 Å². The van der Waals surface area contributed by atoms with Gasteiger partial charge >= 0.3 is 0 Å². The molecule has 0 spiro atoms. The van der Waals surface area contributed by atoms with Crippen LogP contribution in [0.2, 0.25) is 0 Å². The van der Waals surface area contributed by atoms with Gasteiger partial charge in [0.2, 0.25) is 0 Å². The maximum atomic E-state index is 10.7. The van der Waals surface area contributed by atoms with Crippen molar-refractivity contribution in [2.24, 2.45) is 0 Å². The first kappa shape index (κ1) is 13.5. The van der Waals surface area contributed by atoms with Crippen molar-refractivity contribution in [2.75, 3.05) is 5.32 Å². The molecule has 0 aliphatic heterocycles. The lowest BCUT2D eigenvalue weighted by Gasteiger charge is -2.15. The van der Waals surface area contributed by atoms with Crippen LogP contribution in [0.1, 0.15) is 24.1 Å². The third-order valence-electron chi connectivity index (χ3n) is 2.86. The summed E-state index contributed by atoms with van der Waals surface area (Å²) >= 11 is 0. The molecule has 1 heterocycles. The molecule has 0 bridgehead atoms. The summed E-state index contributed by atoms with van der Waals surface area (Å²) in [5.41, 5.74) is 0.998. The Kier molecular flexibility index (Phi) is 3.91. The van der Waals surface area contributed by atoms with Crippen molar-refractivity contribution in [2.45, 2.75) is 13.0 Å². The van der Waals surface area contributed by atoms with Crippen LogP contribution in [0.25, 0.3) is 0 Å². The summed E-state index contributed by atoms with van der Waals surface area (Å²) < 4.78 is 0. The van der Waals surface area contributed by atoms with Crippen LogP contribution in [-0.4, -0.2) is 9.91 Å². The van der Waals surface area contributed by atoms with E-state index in [1.807, 2.05) is 43.3 Å². The molecule has 0 amide bonds. The predicted octanol–water partition coefficient (Wildman–Crippen LogP) is 3.03. The molecule has 0 aliphatic carbocycles. The number of nitro groups is 1. The minimum atomic E-state index is -0.571. The number of nitrogens with zero attached hydrogens (tertiary/aromatic N) is 3. The zero-order chi connectivity index (χ0) is 14.5. The zero-order valence-electron chi connectivity index (χ0n) is 10.8. The maximum absolute atomic E-state index is 10.7. The Morgan fingerprint density at radius 3 is 2.70 bits per heavy atom. The summed E-state index contributed by atoms with van der Waals surface area (Å²) in [7, 11) is 0. The second-order valence-electron chi connectivity index (χ2n) is 4.24. The molecular weight excluding hydrogens is 256 g/mol. The van der Waals surface area contributed by atoms with Gasteiger partial charge in [0.1, 0.15) is 23.6 Å². The molecule has 2 aromatic rings. The standard InChI is InChI=1S/C14H12N4O2/c1-10(11-5-3-2-4-6-11)17-14-12(8-15)7-13(9-16-14)18(19)20/h2-7,9-10H,1H3,(H,16,17). The van der Waals surface area contributed by atoms with Crippen molar-refractivity contribution in [3.05, 3.63) is 63.8 Å². The van der Waals surface area contributed by atoms with Crippen LogP contribution in [0.15, 0.2) is 42.6 Å². The van der Waals surface area contributed by atoms with Crippen molar-refractivity contribution in [3.63, 3.8) is 0 Å². The van der Waals surface area contributed by atoms with Crippen molar-refractivity contribution in [3.8, 4) is 6.07 Å². The monoisotopic (exact) mass is 268 g/mol. The molecule has 1 atom stereocenters. The first-order chi connectivity index (χ1) is 9.61. The Morgan fingerprint density at radius 2 is 2.10 bits per heavy atom. The van der Waals surface area contributed by atoms with Gasteiger partial charge in [0, 0.05) is 12.1 Å². The van der Waals surface area contributed by atoms with Crippen LogP contribution >= 0.6 is 0 Å². The molecule has 0 saturated heterocycles. The molecule has 1 unspecified atom stereocenters. The Balaban J connectivity index is 2.26. The molecule has 0 fully saturated rings. The smallest absolute Gasteiger partial charge is 0.289 e. The van der Waals surface area contributed by atoms with Crippen molar-refractivity contribution >= 4 is 11.5 Å². The topological polar surface area (TPSA) is 91.8 Å². The predicted molar refractivity (Wildman–Crippen MR) is 74.1 cm³/mol. The SMILES string of the molecule is CC(Nc1ncc([N+](=O)[O-])cc1C#N)c1ccccc1. The third kappa shape index (κ3) is 2.90. The van der Waals surface area contributed by atoms with E-state index in [1.54, 1.807) is 0 Å². The molecule has 0 radical (unpaired) electrons. The van der Waals surface area contributed by atoms with Crippen LogP contribution in [0.5, 0.6) is 0 Å². The Morgan fingerprint density at radius 1 is 1.40 bits per heavy atom. The number of rotatable bonds is 4. The molecule has 20 heavy (non-hydrogen) atoms. The summed E-state index contributed by atoms with van der Waals surface area (Å²) in [6, 6.07) is 12.7. The summed E-state index contributed by atoms with van der Waals surface area (Å²) in [6.07, 6.45) is 1.14. The highest BCUT2D eigenvalue weighted by atomic mass is 16.6. The minimum Gasteiger partial charge on any atom is -0.362 e. The number of benzene rings is 1. The van der Waals surface area contributed by atoms with Crippen LogP contribution in [0, 0.1) is 21.4 Å². The first-order valence-corrected chi connectivity index (χ1v) is 5.98. The number of hydrogen-bond donors (Lipinski definition) is 1. The van der Waals surface area contributed by atoms with Gasteiger partial charge in [0.05, 0.1) is 4.92 Å². The van der Waals surface area contributed by atoms with Crippen molar-refractivity contribution in [1.82, 2.24) is 4.98 Å². The largest absolute Gasteiger partial charge is 0.362 e. The number of anilines is 1. The van der Waals surface area contributed by atoms with Crippen LogP contribution in [0.3, 0.4) is 0 Å². The summed E-state index contributed by atoms with van der Waals surface area (Å²) in [4.78, 5) is 14.0. The zero-order valence-corrected chi connectivity index (χ0v) is 10.8. The summed E-state index contributed by atoms with van der Waals surface area (Å²) in [5.74, 6) is 0.342. The lowest BCUT2D eigenvalue weighted by molar-refractivity contribution is -0.385. The minimum absolute atomic E-state index is 0.0581. The lowest BCUT2D eigenvalue weighted by Crippen LogP contribution is -2.09. The second kappa shape index (κ2) is 5.80. The number of pyridine rings is 1. The van der Waals surface area contributed by atoms with Gasteiger partial charge in [-0.05, 0) is 12.5 Å². The molecule has 1 aromatic carbocycles. The van der Waals surface area contributed by atoms with E-state index in [4.69, 9.17) is 5.26 Å². The fourth-order valence-corrected chi connectivity index (χ4v) is 1.78. The molecule has 6 nitrogen and oxygen atoms in total. The first-order valence-electron chi connectivity index (χ1n) is 5.98. The van der Waals surface area contributed by atoms with Gasteiger partial charge in [-0.1, -0.05) is 30.3 Å². The van der Waals surface area contributed by atoms with Crippen LogP contribution in [-0.2, 0) is 0 Å². The average molecular weight is 268 g/mol. The Labute approximate surface area is 115 Å². The van der Waals surface area contributed by atoms with Gasteiger partial charge in [0.15, 0.2) is 0 Å². The Bertz CT molecular complexity index is 665. The highest BCUT2D eigenvalue weighted by Crippen LogP contribution is 2.22. The molecule has 100 valence electrons. The molecule has 2 rings (SSSR count). The number of aromatic nitrogens is 1. The highest BCUT2D eigenvalue weighted by Gasteiger charge is 2.14. The van der Waals surface area contributed by atoms with Gasteiger partial charge in [0.25, 0.3) is 5.69 Å². The number of nitrogens with one attached hydrogen (secondary N) is 1. The van der Waals surface area contributed by atoms with Crippen LogP contribution < -0.4 is 5.32 Å². The third-order valence-corrected chi connectivity index (χ3v) is 2.86. The Hall–Kier alpha value is -2.94. The van der Waals surface area contributed by atoms with Gasteiger partial charge in [-0.2, -0.15) is 5.26 Å². The van der Waals surface area contributed by atoms with E-state index in [0.717, 1.165) is 11.8 Å². The molecular formula is C14H12N4O2.